The van der Waals surface area contributed by atoms with Crippen LogP contribution in [0.4, 0.5) is 0 Å². The van der Waals surface area contributed by atoms with Crippen molar-refractivity contribution in [3.8, 4) is 0 Å². The summed E-state index contributed by atoms with van der Waals surface area (Å²) in [6.45, 7) is 1.20. The van der Waals surface area contributed by atoms with Crippen LogP contribution in [0, 0.1) is 0 Å². The Bertz CT molecular complexity index is 256. The van der Waals surface area contributed by atoms with E-state index in [4.69, 9.17) is 4.74 Å². The van der Waals surface area contributed by atoms with Gasteiger partial charge in [0.2, 0.25) is 0 Å². The number of carbonyl (C=O) groups is 1. The summed E-state index contributed by atoms with van der Waals surface area (Å²) >= 11 is 0. The molecule has 1 aliphatic rings. The lowest BCUT2D eigenvalue weighted by atomic mass is 10.3. The topological polar surface area (TPSA) is 44.1 Å². The van der Waals surface area contributed by atoms with Crippen LogP contribution in [0.15, 0.2) is 6.07 Å². The third-order valence-electron chi connectivity index (χ3n) is 1.72. The molecule has 58 valence electrons. The number of fused-ring (bicyclic) bond motifs is 1. The summed E-state index contributed by atoms with van der Waals surface area (Å²) < 4.78 is 6.85. The first kappa shape index (κ1) is 6.54. The highest BCUT2D eigenvalue weighted by molar-refractivity contribution is 5.71. The standard InChI is InChI=1S/C7H8N2O2/c10-4-6-3-7-1-2-11-5-9(7)8-6/h3-4H,1-2,5H2. The molecule has 0 saturated carbocycles. The van der Waals surface area contributed by atoms with Gasteiger partial charge < -0.3 is 4.74 Å². The Balaban J connectivity index is 2.39. The van der Waals surface area contributed by atoms with Crippen LogP contribution in [0.1, 0.15) is 16.2 Å². The van der Waals surface area contributed by atoms with Crippen molar-refractivity contribution >= 4 is 6.29 Å². The molecule has 4 heteroatoms. The smallest absolute Gasteiger partial charge is 0.170 e. The van der Waals surface area contributed by atoms with E-state index in [9.17, 15) is 4.79 Å². The molecule has 11 heavy (non-hydrogen) atoms. The van der Waals surface area contributed by atoms with Gasteiger partial charge in [0.05, 0.1) is 6.61 Å². The Labute approximate surface area is 63.8 Å². The first-order valence-electron chi connectivity index (χ1n) is 3.50. The molecule has 0 amide bonds. The lowest BCUT2D eigenvalue weighted by Crippen LogP contribution is -2.16. The number of rotatable bonds is 1. The molecule has 0 aromatic carbocycles. The highest BCUT2D eigenvalue weighted by atomic mass is 16.5. The number of carbonyl (C=O) groups excluding carboxylic acids is 1. The molecule has 1 aromatic heterocycles. The molecule has 2 heterocycles. The molecule has 0 saturated heterocycles. The van der Waals surface area contributed by atoms with Crippen molar-refractivity contribution in [1.82, 2.24) is 9.78 Å². The average Bonchev–Trinajstić information content (AvgIpc) is 2.46. The van der Waals surface area contributed by atoms with Gasteiger partial charge in [0.15, 0.2) is 6.29 Å². The molecule has 0 atom stereocenters. The largest absolute Gasteiger partial charge is 0.359 e. The molecule has 0 unspecified atom stereocenters. The van der Waals surface area contributed by atoms with Gasteiger partial charge in [-0.25, -0.2) is 4.68 Å². The molecule has 0 aliphatic carbocycles. The number of aldehydes is 1. The maximum Gasteiger partial charge on any atom is 0.170 e. The Morgan fingerprint density at radius 2 is 2.64 bits per heavy atom. The van der Waals surface area contributed by atoms with Crippen molar-refractivity contribution in [2.24, 2.45) is 0 Å². The Hall–Kier alpha value is -1.16. The van der Waals surface area contributed by atoms with Crippen molar-refractivity contribution in [2.75, 3.05) is 6.61 Å². The van der Waals surface area contributed by atoms with Crippen LogP contribution < -0.4 is 0 Å². The zero-order chi connectivity index (χ0) is 7.68. The minimum Gasteiger partial charge on any atom is -0.359 e. The number of ether oxygens (including phenoxy) is 1. The molecule has 0 fully saturated rings. The second-order valence-corrected chi connectivity index (χ2v) is 2.47. The number of nitrogens with zero attached hydrogens (tertiary/aromatic N) is 2. The van der Waals surface area contributed by atoms with Gasteiger partial charge in [0.25, 0.3) is 0 Å². The van der Waals surface area contributed by atoms with Gasteiger partial charge in [-0.2, -0.15) is 5.10 Å². The van der Waals surface area contributed by atoms with Gasteiger partial charge in [-0.05, 0) is 6.07 Å². The minimum atomic E-state index is 0.475. The predicted molar refractivity (Wildman–Crippen MR) is 37.3 cm³/mol. The van der Waals surface area contributed by atoms with E-state index in [1.807, 2.05) is 0 Å². The van der Waals surface area contributed by atoms with Crippen LogP contribution >= 0.6 is 0 Å². The van der Waals surface area contributed by atoms with Crippen LogP contribution in [0.25, 0.3) is 0 Å². The molecule has 1 aromatic rings. The van der Waals surface area contributed by atoms with Crippen LogP contribution in [0.3, 0.4) is 0 Å². The summed E-state index contributed by atoms with van der Waals surface area (Å²) in [5, 5.41) is 3.99. The highest BCUT2D eigenvalue weighted by Crippen LogP contribution is 2.08. The van der Waals surface area contributed by atoms with Gasteiger partial charge in [-0.1, -0.05) is 0 Å². The van der Waals surface area contributed by atoms with E-state index in [1.54, 1.807) is 10.7 Å². The second kappa shape index (κ2) is 2.47. The van der Waals surface area contributed by atoms with E-state index in [0.717, 1.165) is 25.0 Å². The van der Waals surface area contributed by atoms with Gasteiger partial charge in [0.1, 0.15) is 12.4 Å². The van der Waals surface area contributed by atoms with Gasteiger partial charge in [-0.15, -0.1) is 0 Å². The average molecular weight is 152 g/mol. The lowest BCUT2D eigenvalue weighted by molar-refractivity contribution is 0.0478. The molecule has 4 nitrogen and oxygen atoms in total. The molecular formula is C7H8N2O2. The summed E-state index contributed by atoms with van der Waals surface area (Å²) in [5.74, 6) is 0. The first-order valence-corrected chi connectivity index (χ1v) is 3.50. The maximum atomic E-state index is 10.3. The van der Waals surface area contributed by atoms with E-state index >= 15 is 0 Å². The Morgan fingerprint density at radius 3 is 3.36 bits per heavy atom. The third-order valence-corrected chi connectivity index (χ3v) is 1.72. The summed E-state index contributed by atoms with van der Waals surface area (Å²) in [4.78, 5) is 10.3. The monoisotopic (exact) mass is 152 g/mol. The zero-order valence-corrected chi connectivity index (χ0v) is 5.99. The van der Waals surface area contributed by atoms with Crippen LogP contribution in [0.5, 0.6) is 0 Å². The summed E-state index contributed by atoms with van der Waals surface area (Å²) in [6, 6.07) is 1.80. The number of hydrogen-bond acceptors (Lipinski definition) is 3. The van der Waals surface area contributed by atoms with Gasteiger partial charge in [0, 0.05) is 12.1 Å². The fraction of sp³-hybridized carbons (Fsp3) is 0.429. The summed E-state index contributed by atoms with van der Waals surface area (Å²) in [7, 11) is 0. The highest BCUT2D eigenvalue weighted by Gasteiger charge is 2.10. The minimum absolute atomic E-state index is 0.475. The van der Waals surface area contributed by atoms with E-state index in [2.05, 4.69) is 5.10 Å². The van der Waals surface area contributed by atoms with Gasteiger partial charge >= 0.3 is 0 Å². The van der Waals surface area contributed by atoms with Crippen molar-refractivity contribution in [3.63, 3.8) is 0 Å². The molecule has 0 bridgehead atoms. The second-order valence-electron chi connectivity index (χ2n) is 2.47. The maximum absolute atomic E-state index is 10.3. The summed E-state index contributed by atoms with van der Waals surface area (Å²) in [5.41, 5.74) is 1.57. The fourth-order valence-electron chi connectivity index (χ4n) is 1.18. The molecule has 0 N–H and O–H groups in total. The van der Waals surface area contributed by atoms with Crippen LogP contribution in [-0.2, 0) is 17.9 Å². The van der Waals surface area contributed by atoms with Crippen molar-refractivity contribution in [2.45, 2.75) is 13.2 Å². The van der Waals surface area contributed by atoms with E-state index in [-0.39, 0.29) is 0 Å². The molecular weight excluding hydrogens is 144 g/mol. The van der Waals surface area contributed by atoms with Crippen LogP contribution in [-0.4, -0.2) is 22.7 Å². The van der Waals surface area contributed by atoms with Gasteiger partial charge in [-0.3, -0.25) is 4.79 Å². The number of hydrogen-bond donors (Lipinski definition) is 0. The Kier molecular flexibility index (Phi) is 1.47. The SMILES string of the molecule is O=Cc1cc2n(n1)COCC2. The molecule has 2 rings (SSSR count). The predicted octanol–water partition coefficient (Wildman–Crippen LogP) is 0.226. The quantitative estimate of drug-likeness (QED) is 0.541. The fourth-order valence-corrected chi connectivity index (χ4v) is 1.18. The normalized spacial score (nSPS) is 16.0. The lowest BCUT2D eigenvalue weighted by Gasteiger charge is -2.12. The first-order chi connectivity index (χ1) is 5.40. The van der Waals surface area contributed by atoms with Crippen molar-refractivity contribution < 1.29 is 9.53 Å². The molecule has 0 spiro atoms. The number of aromatic nitrogens is 2. The Morgan fingerprint density at radius 1 is 1.73 bits per heavy atom. The summed E-state index contributed by atoms with van der Waals surface area (Å²) in [6.07, 6.45) is 1.60. The van der Waals surface area contributed by atoms with E-state index in [0.29, 0.717) is 12.4 Å². The molecule has 0 radical (unpaired) electrons. The van der Waals surface area contributed by atoms with Crippen molar-refractivity contribution in [1.29, 1.82) is 0 Å². The van der Waals surface area contributed by atoms with E-state index < -0.39 is 0 Å². The van der Waals surface area contributed by atoms with E-state index in [1.165, 1.54) is 0 Å². The zero-order valence-electron chi connectivity index (χ0n) is 5.99. The molecule has 1 aliphatic heterocycles. The van der Waals surface area contributed by atoms with Crippen molar-refractivity contribution in [3.05, 3.63) is 17.5 Å². The third kappa shape index (κ3) is 1.05. The van der Waals surface area contributed by atoms with Crippen LogP contribution in [0.2, 0.25) is 0 Å².